The van der Waals surface area contributed by atoms with Gasteiger partial charge in [-0.3, -0.25) is 4.79 Å². The summed E-state index contributed by atoms with van der Waals surface area (Å²) in [7, 11) is 1.63. The van der Waals surface area contributed by atoms with Gasteiger partial charge in [-0.2, -0.15) is 0 Å². The van der Waals surface area contributed by atoms with Gasteiger partial charge in [0, 0.05) is 18.7 Å². The zero-order valence-electron chi connectivity index (χ0n) is 16.9. The topological polar surface area (TPSA) is 48.0 Å². The third-order valence-corrected chi connectivity index (χ3v) is 5.54. The van der Waals surface area contributed by atoms with Crippen LogP contribution in [0.4, 0.5) is 0 Å². The number of thiocarbonyl (C=S) groups is 1. The third kappa shape index (κ3) is 5.48. The average molecular weight is 414 g/mol. The SMILES string of the molecule is CCOC(=O)C1CCN(C(=S)c2ccc(OCc3ccccc3)c(OC)c2)CC1. The molecule has 6 heteroatoms. The van der Waals surface area contributed by atoms with Crippen molar-refractivity contribution < 1.29 is 19.0 Å². The van der Waals surface area contributed by atoms with Gasteiger partial charge < -0.3 is 19.1 Å². The van der Waals surface area contributed by atoms with Crippen molar-refractivity contribution in [2.75, 3.05) is 26.8 Å². The molecule has 0 unspecified atom stereocenters. The Hall–Kier alpha value is -2.60. The van der Waals surface area contributed by atoms with Gasteiger partial charge in [-0.05, 0) is 43.5 Å². The summed E-state index contributed by atoms with van der Waals surface area (Å²) in [6, 6.07) is 15.8. The fourth-order valence-corrected chi connectivity index (χ4v) is 3.73. The normalized spacial score (nSPS) is 14.3. The van der Waals surface area contributed by atoms with Crippen LogP contribution in [-0.2, 0) is 16.1 Å². The number of nitrogens with zero attached hydrogens (tertiary/aromatic N) is 1. The molecule has 2 aromatic carbocycles. The Balaban J connectivity index is 1.62. The number of carbonyl (C=O) groups excluding carboxylic acids is 1. The number of piperidine rings is 1. The Morgan fingerprint density at radius 2 is 1.83 bits per heavy atom. The molecule has 2 aromatic rings. The van der Waals surface area contributed by atoms with E-state index < -0.39 is 0 Å². The van der Waals surface area contributed by atoms with Gasteiger partial charge in [-0.15, -0.1) is 0 Å². The highest BCUT2D eigenvalue weighted by Crippen LogP contribution is 2.30. The third-order valence-electron chi connectivity index (χ3n) is 5.05. The summed E-state index contributed by atoms with van der Waals surface area (Å²) in [4.78, 5) is 14.8. The van der Waals surface area contributed by atoms with E-state index in [9.17, 15) is 4.79 Å². The largest absolute Gasteiger partial charge is 0.493 e. The summed E-state index contributed by atoms with van der Waals surface area (Å²) in [6.07, 6.45) is 1.52. The lowest BCUT2D eigenvalue weighted by Crippen LogP contribution is -2.40. The second-order valence-electron chi connectivity index (χ2n) is 6.96. The molecule has 0 bridgehead atoms. The summed E-state index contributed by atoms with van der Waals surface area (Å²) >= 11 is 5.70. The van der Waals surface area contributed by atoms with Crippen LogP contribution in [-0.4, -0.2) is 42.7 Å². The molecule has 154 valence electrons. The van der Waals surface area contributed by atoms with Gasteiger partial charge in [0.05, 0.1) is 19.6 Å². The van der Waals surface area contributed by atoms with Crippen LogP contribution in [0, 0.1) is 5.92 Å². The van der Waals surface area contributed by atoms with Crippen molar-refractivity contribution in [2.45, 2.75) is 26.4 Å². The van der Waals surface area contributed by atoms with Gasteiger partial charge in [0.1, 0.15) is 11.6 Å². The number of hydrogen-bond donors (Lipinski definition) is 0. The molecule has 0 radical (unpaired) electrons. The quantitative estimate of drug-likeness (QED) is 0.500. The van der Waals surface area contributed by atoms with Crippen molar-refractivity contribution in [2.24, 2.45) is 5.92 Å². The first-order valence-electron chi connectivity index (χ1n) is 9.93. The van der Waals surface area contributed by atoms with Crippen LogP contribution in [0.2, 0.25) is 0 Å². The zero-order chi connectivity index (χ0) is 20.6. The lowest BCUT2D eigenvalue weighted by atomic mass is 9.96. The lowest BCUT2D eigenvalue weighted by molar-refractivity contribution is -0.149. The summed E-state index contributed by atoms with van der Waals surface area (Å²) in [6.45, 7) is 4.23. The van der Waals surface area contributed by atoms with Crippen LogP contribution in [0.1, 0.15) is 30.9 Å². The minimum absolute atomic E-state index is 0.0303. The van der Waals surface area contributed by atoms with Crippen molar-refractivity contribution >= 4 is 23.2 Å². The molecule has 0 spiro atoms. The maximum absolute atomic E-state index is 11.9. The molecule has 3 rings (SSSR count). The molecular weight excluding hydrogens is 386 g/mol. The maximum atomic E-state index is 11.9. The van der Waals surface area contributed by atoms with Crippen LogP contribution in [0.15, 0.2) is 48.5 Å². The smallest absolute Gasteiger partial charge is 0.309 e. The highest BCUT2D eigenvalue weighted by molar-refractivity contribution is 7.80. The van der Waals surface area contributed by atoms with Crippen LogP contribution >= 0.6 is 12.2 Å². The number of benzene rings is 2. The first-order chi connectivity index (χ1) is 14.1. The fourth-order valence-electron chi connectivity index (χ4n) is 3.42. The summed E-state index contributed by atoms with van der Waals surface area (Å²) in [5.41, 5.74) is 2.01. The molecule has 1 aliphatic rings. The second kappa shape index (κ2) is 10.3. The van der Waals surface area contributed by atoms with Gasteiger partial charge >= 0.3 is 5.97 Å². The molecular formula is C23H27NO4S. The Bertz CT molecular complexity index is 832. The van der Waals surface area contributed by atoms with Crippen LogP contribution < -0.4 is 9.47 Å². The number of ether oxygens (including phenoxy) is 3. The van der Waals surface area contributed by atoms with Gasteiger partial charge in [0.15, 0.2) is 11.5 Å². The first kappa shape index (κ1) is 21.1. The van der Waals surface area contributed by atoms with E-state index >= 15 is 0 Å². The first-order valence-corrected chi connectivity index (χ1v) is 10.3. The molecule has 0 saturated carbocycles. The van der Waals surface area contributed by atoms with Crippen molar-refractivity contribution in [3.63, 3.8) is 0 Å². The van der Waals surface area contributed by atoms with E-state index in [2.05, 4.69) is 4.90 Å². The number of carbonyl (C=O) groups is 1. The number of methoxy groups -OCH3 is 1. The van der Waals surface area contributed by atoms with E-state index in [4.69, 9.17) is 26.4 Å². The Morgan fingerprint density at radius 1 is 1.10 bits per heavy atom. The molecule has 0 atom stereocenters. The Morgan fingerprint density at radius 3 is 2.48 bits per heavy atom. The van der Waals surface area contributed by atoms with Crippen LogP contribution in [0.3, 0.4) is 0 Å². The van der Waals surface area contributed by atoms with Gasteiger partial charge in [0.2, 0.25) is 0 Å². The van der Waals surface area contributed by atoms with E-state index in [1.807, 2.05) is 55.5 Å². The van der Waals surface area contributed by atoms with E-state index in [1.165, 1.54) is 0 Å². The summed E-state index contributed by atoms with van der Waals surface area (Å²) < 4.78 is 16.6. The highest BCUT2D eigenvalue weighted by Gasteiger charge is 2.27. The molecule has 29 heavy (non-hydrogen) atoms. The molecule has 1 saturated heterocycles. The number of esters is 1. The summed E-state index contributed by atoms with van der Waals surface area (Å²) in [5.74, 6) is 1.21. The molecule has 1 heterocycles. The van der Waals surface area contributed by atoms with Crippen molar-refractivity contribution in [1.82, 2.24) is 4.90 Å². The Kier molecular flexibility index (Phi) is 7.47. The molecule has 5 nitrogen and oxygen atoms in total. The lowest BCUT2D eigenvalue weighted by Gasteiger charge is -2.33. The van der Waals surface area contributed by atoms with E-state index in [-0.39, 0.29) is 11.9 Å². The van der Waals surface area contributed by atoms with Gasteiger partial charge in [-0.25, -0.2) is 0 Å². The maximum Gasteiger partial charge on any atom is 0.309 e. The van der Waals surface area contributed by atoms with E-state index in [1.54, 1.807) is 7.11 Å². The Labute approximate surface area is 177 Å². The van der Waals surface area contributed by atoms with Crippen molar-refractivity contribution in [3.05, 3.63) is 59.7 Å². The van der Waals surface area contributed by atoms with Gasteiger partial charge in [0.25, 0.3) is 0 Å². The van der Waals surface area contributed by atoms with E-state index in [0.29, 0.717) is 24.7 Å². The highest BCUT2D eigenvalue weighted by atomic mass is 32.1. The number of likely N-dealkylation sites (tertiary alicyclic amines) is 1. The number of hydrogen-bond acceptors (Lipinski definition) is 5. The van der Waals surface area contributed by atoms with Crippen LogP contribution in [0.5, 0.6) is 11.5 Å². The standard InChI is InChI=1S/C23H27NO4S/c1-3-27-23(25)18-11-13-24(14-12-18)22(29)19-9-10-20(21(15-19)26-2)28-16-17-7-5-4-6-8-17/h4-10,15,18H,3,11-14,16H2,1-2H3. The molecule has 0 N–H and O–H groups in total. The van der Waals surface area contributed by atoms with E-state index in [0.717, 1.165) is 42.0 Å². The monoisotopic (exact) mass is 413 g/mol. The molecule has 0 aromatic heterocycles. The fraction of sp³-hybridized carbons (Fsp3) is 0.391. The van der Waals surface area contributed by atoms with Crippen molar-refractivity contribution in [3.8, 4) is 11.5 Å². The average Bonchev–Trinajstić information content (AvgIpc) is 2.78. The minimum atomic E-state index is -0.0975. The van der Waals surface area contributed by atoms with Crippen LogP contribution in [0.25, 0.3) is 0 Å². The van der Waals surface area contributed by atoms with Crippen molar-refractivity contribution in [1.29, 1.82) is 0 Å². The zero-order valence-corrected chi connectivity index (χ0v) is 17.7. The molecule has 0 aliphatic carbocycles. The molecule has 1 fully saturated rings. The summed E-state index contributed by atoms with van der Waals surface area (Å²) in [5, 5.41) is 0. The molecule has 0 amide bonds. The minimum Gasteiger partial charge on any atom is -0.493 e. The number of rotatable bonds is 7. The predicted octanol–water partition coefficient (Wildman–Crippen LogP) is 4.22. The molecule has 1 aliphatic heterocycles. The second-order valence-corrected chi connectivity index (χ2v) is 7.35. The predicted molar refractivity (Wildman–Crippen MR) is 116 cm³/mol. The van der Waals surface area contributed by atoms with Gasteiger partial charge in [-0.1, -0.05) is 42.5 Å².